The van der Waals surface area contributed by atoms with E-state index in [1.165, 1.54) is 7.11 Å². The van der Waals surface area contributed by atoms with Crippen molar-refractivity contribution in [2.24, 2.45) is 0 Å². The molecule has 0 fully saturated rings. The second-order valence-electron chi connectivity index (χ2n) is 6.44. The van der Waals surface area contributed by atoms with E-state index in [0.717, 1.165) is 5.56 Å². The van der Waals surface area contributed by atoms with Crippen LogP contribution in [0.25, 0.3) is 17.1 Å². The summed E-state index contributed by atoms with van der Waals surface area (Å²) in [5, 5.41) is 7.31. The van der Waals surface area contributed by atoms with Gasteiger partial charge in [0.15, 0.2) is 5.82 Å². The quantitative estimate of drug-likeness (QED) is 0.471. The highest BCUT2D eigenvalue weighted by molar-refractivity contribution is 5.91. The van der Waals surface area contributed by atoms with Crippen LogP contribution in [0.3, 0.4) is 0 Å². The average molecular weight is 426 g/mol. The molecule has 0 bridgehead atoms. The van der Waals surface area contributed by atoms with Gasteiger partial charge < -0.3 is 24.3 Å². The van der Waals surface area contributed by atoms with Gasteiger partial charge in [-0.1, -0.05) is 18.2 Å². The van der Waals surface area contributed by atoms with Crippen LogP contribution in [0.4, 0.5) is 5.69 Å². The third-order valence-electron chi connectivity index (χ3n) is 4.23. The molecule has 31 heavy (non-hydrogen) atoms. The molecule has 9 heteroatoms. The Hall–Kier alpha value is -3.43. The summed E-state index contributed by atoms with van der Waals surface area (Å²) < 4.78 is 22.9. The first-order valence-corrected chi connectivity index (χ1v) is 9.85. The monoisotopic (exact) mass is 426 g/mol. The number of methoxy groups -OCH3 is 2. The van der Waals surface area contributed by atoms with E-state index in [4.69, 9.17) is 18.9 Å². The maximum Gasteiger partial charge on any atom is 0.336 e. The van der Waals surface area contributed by atoms with E-state index in [1.54, 1.807) is 23.9 Å². The number of amides is 1. The first kappa shape index (κ1) is 22.3. The highest BCUT2D eigenvalue weighted by Crippen LogP contribution is 2.27. The summed E-state index contributed by atoms with van der Waals surface area (Å²) in [7, 11) is 3.08. The highest BCUT2D eigenvalue weighted by Gasteiger charge is 2.16. The molecule has 9 nitrogen and oxygen atoms in total. The molecule has 0 radical (unpaired) electrons. The Balaban J connectivity index is 1.95. The number of aromatic nitrogens is 3. The summed E-state index contributed by atoms with van der Waals surface area (Å²) in [4.78, 5) is 16.4. The molecule has 0 saturated heterocycles. The summed E-state index contributed by atoms with van der Waals surface area (Å²) in [5.41, 5.74) is 2.13. The van der Waals surface area contributed by atoms with Crippen LogP contribution in [-0.4, -0.2) is 61.3 Å². The lowest BCUT2D eigenvalue weighted by Crippen LogP contribution is -2.17. The summed E-state index contributed by atoms with van der Waals surface area (Å²) in [6.45, 7) is 3.29. The molecule has 0 saturated carbocycles. The summed E-state index contributed by atoms with van der Waals surface area (Å²) in [5.74, 6) is 1.03. The number of benzene rings is 2. The minimum atomic E-state index is -0.244. The molecule has 0 spiro atoms. The van der Waals surface area contributed by atoms with Crippen LogP contribution in [-0.2, 0) is 14.3 Å². The van der Waals surface area contributed by atoms with Crippen molar-refractivity contribution in [3.8, 4) is 28.8 Å². The number of rotatable bonds is 11. The lowest BCUT2D eigenvalue weighted by atomic mass is 10.2. The molecule has 164 valence electrons. The van der Waals surface area contributed by atoms with Gasteiger partial charge >= 0.3 is 6.01 Å². The number of ether oxygens (including phenoxy) is 4. The fourth-order valence-electron chi connectivity index (χ4n) is 2.86. The van der Waals surface area contributed by atoms with Crippen molar-refractivity contribution >= 4 is 11.6 Å². The number of nitrogens with one attached hydrogen (secondary N) is 1. The maximum atomic E-state index is 11.9. The molecule has 2 aromatic carbocycles. The van der Waals surface area contributed by atoms with E-state index < -0.39 is 0 Å². The van der Waals surface area contributed by atoms with Gasteiger partial charge in [0.2, 0.25) is 5.91 Å². The fourth-order valence-corrected chi connectivity index (χ4v) is 2.86. The Kier molecular flexibility index (Phi) is 7.97. The SMILES string of the molecule is CCOCCOc1nc(-c2cccc(OC)c2)n(-c2cccc(NC(=O)COC)c2)n1. The van der Waals surface area contributed by atoms with E-state index in [9.17, 15) is 4.79 Å². The van der Waals surface area contributed by atoms with E-state index in [1.807, 2.05) is 43.3 Å². The predicted octanol–water partition coefficient (Wildman–Crippen LogP) is 2.94. The lowest BCUT2D eigenvalue weighted by molar-refractivity contribution is -0.119. The number of hydrogen-bond donors (Lipinski definition) is 1. The van der Waals surface area contributed by atoms with Gasteiger partial charge in [-0.2, -0.15) is 4.98 Å². The van der Waals surface area contributed by atoms with Gasteiger partial charge in [0, 0.05) is 25.0 Å². The molecular formula is C22H26N4O5. The van der Waals surface area contributed by atoms with Gasteiger partial charge in [-0.05, 0) is 37.3 Å². The van der Waals surface area contributed by atoms with E-state index in [2.05, 4.69) is 15.4 Å². The van der Waals surface area contributed by atoms with Crippen LogP contribution >= 0.6 is 0 Å². The van der Waals surface area contributed by atoms with Crippen molar-refractivity contribution < 1.29 is 23.7 Å². The Morgan fingerprint density at radius 2 is 1.94 bits per heavy atom. The van der Waals surface area contributed by atoms with Crippen LogP contribution in [0.5, 0.6) is 11.8 Å². The zero-order chi connectivity index (χ0) is 22.1. The molecular weight excluding hydrogens is 400 g/mol. The molecule has 1 heterocycles. The van der Waals surface area contributed by atoms with Crippen molar-refractivity contribution in [1.29, 1.82) is 0 Å². The van der Waals surface area contributed by atoms with Gasteiger partial charge in [0.25, 0.3) is 0 Å². The van der Waals surface area contributed by atoms with Crippen LogP contribution < -0.4 is 14.8 Å². The molecule has 0 unspecified atom stereocenters. The van der Waals surface area contributed by atoms with Crippen molar-refractivity contribution in [2.45, 2.75) is 6.92 Å². The number of nitrogens with zero attached hydrogens (tertiary/aromatic N) is 3. The zero-order valence-corrected chi connectivity index (χ0v) is 17.8. The molecule has 1 N–H and O–H groups in total. The van der Waals surface area contributed by atoms with Crippen LogP contribution in [0.2, 0.25) is 0 Å². The second kappa shape index (κ2) is 11.1. The minimum Gasteiger partial charge on any atom is -0.497 e. The largest absolute Gasteiger partial charge is 0.497 e. The number of anilines is 1. The molecule has 1 aromatic heterocycles. The molecule has 0 aliphatic carbocycles. The van der Waals surface area contributed by atoms with E-state index in [-0.39, 0.29) is 18.5 Å². The Bertz CT molecular complexity index is 1010. The van der Waals surface area contributed by atoms with Gasteiger partial charge in [-0.25, -0.2) is 4.68 Å². The van der Waals surface area contributed by atoms with E-state index in [0.29, 0.717) is 42.8 Å². The zero-order valence-electron chi connectivity index (χ0n) is 17.8. The van der Waals surface area contributed by atoms with E-state index >= 15 is 0 Å². The lowest BCUT2D eigenvalue weighted by Gasteiger charge is -2.09. The average Bonchev–Trinajstić information content (AvgIpc) is 3.21. The van der Waals surface area contributed by atoms with Crippen molar-refractivity contribution in [3.63, 3.8) is 0 Å². The van der Waals surface area contributed by atoms with Gasteiger partial charge in [0.05, 0.1) is 19.4 Å². The molecule has 3 rings (SSSR count). The number of carbonyl (C=O) groups is 1. The Morgan fingerprint density at radius 1 is 1.10 bits per heavy atom. The molecule has 3 aromatic rings. The van der Waals surface area contributed by atoms with Crippen LogP contribution in [0.1, 0.15) is 6.92 Å². The van der Waals surface area contributed by atoms with Crippen molar-refractivity contribution in [3.05, 3.63) is 48.5 Å². The predicted molar refractivity (Wildman–Crippen MR) is 116 cm³/mol. The fraction of sp³-hybridized carbons (Fsp3) is 0.318. The summed E-state index contributed by atoms with van der Waals surface area (Å²) in [6, 6.07) is 15.0. The summed E-state index contributed by atoms with van der Waals surface area (Å²) >= 11 is 0. The normalized spacial score (nSPS) is 10.7. The molecule has 0 aliphatic heterocycles. The first-order valence-electron chi connectivity index (χ1n) is 9.85. The maximum absolute atomic E-state index is 11.9. The Morgan fingerprint density at radius 3 is 2.71 bits per heavy atom. The number of hydrogen-bond acceptors (Lipinski definition) is 7. The molecule has 0 aliphatic rings. The topological polar surface area (TPSA) is 96.7 Å². The van der Waals surface area contributed by atoms with Crippen LogP contribution in [0.15, 0.2) is 48.5 Å². The van der Waals surface area contributed by atoms with Crippen LogP contribution in [0, 0.1) is 0 Å². The third kappa shape index (κ3) is 6.03. The molecule has 0 atom stereocenters. The standard InChI is InChI=1S/C22H26N4O5/c1-4-30-11-12-31-22-24-21(16-7-5-10-19(13-16)29-3)26(25-22)18-9-6-8-17(14-18)23-20(27)15-28-2/h5-10,13-14H,4,11-12,15H2,1-3H3,(H,23,27). The van der Waals surface area contributed by atoms with Crippen molar-refractivity contribution in [2.75, 3.05) is 46.0 Å². The van der Waals surface area contributed by atoms with Gasteiger partial charge in [0.1, 0.15) is 19.0 Å². The minimum absolute atomic E-state index is 0.0273. The summed E-state index contributed by atoms with van der Waals surface area (Å²) in [6.07, 6.45) is 0. The molecule has 1 amide bonds. The number of carbonyl (C=O) groups excluding carboxylic acids is 1. The first-order chi connectivity index (χ1) is 15.1. The third-order valence-corrected chi connectivity index (χ3v) is 4.23. The Labute approximate surface area is 180 Å². The smallest absolute Gasteiger partial charge is 0.336 e. The van der Waals surface area contributed by atoms with Gasteiger partial charge in [-0.3, -0.25) is 4.79 Å². The van der Waals surface area contributed by atoms with Crippen molar-refractivity contribution in [1.82, 2.24) is 14.8 Å². The second-order valence-corrected chi connectivity index (χ2v) is 6.44. The highest BCUT2D eigenvalue weighted by atomic mass is 16.5. The van der Waals surface area contributed by atoms with Gasteiger partial charge in [-0.15, -0.1) is 5.10 Å².